The summed E-state index contributed by atoms with van der Waals surface area (Å²) in [6, 6.07) is 7.62. The van der Waals surface area contributed by atoms with Crippen LogP contribution in [0.3, 0.4) is 0 Å². The molecule has 2 rings (SSSR count). The highest BCUT2D eigenvalue weighted by atomic mass is 32.2. The van der Waals surface area contributed by atoms with Gasteiger partial charge in [0.1, 0.15) is 0 Å². The van der Waals surface area contributed by atoms with E-state index in [-0.39, 0.29) is 35.4 Å². The molecule has 6 heteroatoms. The molecule has 0 radical (unpaired) electrons. The van der Waals surface area contributed by atoms with Gasteiger partial charge in [-0.1, -0.05) is 39.0 Å². The van der Waals surface area contributed by atoms with Crippen LogP contribution in [0, 0.1) is 0 Å². The molecule has 1 aromatic carbocycles. The summed E-state index contributed by atoms with van der Waals surface area (Å²) in [6.07, 6.45) is 0.578. The van der Waals surface area contributed by atoms with Crippen LogP contribution in [0.2, 0.25) is 0 Å². The molecule has 0 spiro atoms. The molecule has 0 bridgehead atoms. The van der Waals surface area contributed by atoms with Crippen LogP contribution in [-0.2, 0) is 20.0 Å². The zero-order chi connectivity index (χ0) is 16.4. The predicted molar refractivity (Wildman–Crippen MR) is 88.8 cm³/mol. The molecule has 0 aliphatic carbocycles. The van der Waals surface area contributed by atoms with E-state index in [4.69, 9.17) is 0 Å². The summed E-state index contributed by atoms with van der Waals surface area (Å²) in [5, 5.41) is 5.94. The Hall–Kier alpha value is -1.40. The zero-order valence-electron chi connectivity index (χ0n) is 13.3. The minimum absolute atomic E-state index is 0.0587. The number of hydrogen-bond acceptors (Lipinski definition) is 4. The molecule has 1 unspecified atom stereocenters. The van der Waals surface area contributed by atoms with Gasteiger partial charge in [0, 0.05) is 11.7 Å². The van der Waals surface area contributed by atoms with Gasteiger partial charge in [0.2, 0.25) is 5.91 Å². The topological polar surface area (TPSA) is 75.3 Å². The Labute approximate surface area is 132 Å². The van der Waals surface area contributed by atoms with E-state index in [1.165, 1.54) is 0 Å². The Balaban J connectivity index is 1.93. The lowest BCUT2D eigenvalue weighted by Crippen LogP contribution is -2.37. The number of amides is 1. The van der Waals surface area contributed by atoms with Crippen molar-refractivity contribution in [3.05, 3.63) is 29.8 Å². The fourth-order valence-electron chi connectivity index (χ4n) is 2.63. The molecule has 1 saturated heterocycles. The van der Waals surface area contributed by atoms with Crippen LogP contribution in [0.15, 0.2) is 24.3 Å². The van der Waals surface area contributed by atoms with Crippen molar-refractivity contribution >= 4 is 21.4 Å². The summed E-state index contributed by atoms with van der Waals surface area (Å²) in [5.74, 6) is 0.179. The average Bonchev–Trinajstić information content (AvgIpc) is 2.75. The summed E-state index contributed by atoms with van der Waals surface area (Å²) < 4.78 is 22.8. The smallest absolute Gasteiger partial charge is 0.238 e. The number of anilines is 1. The number of benzene rings is 1. The lowest BCUT2D eigenvalue weighted by Gasteiger charge is -2.23. The van der Waals surface area contributed by atoms with Gasteiger partial charge in [-0.3, -0.25) is 4.79 Å². The van der Waals surface area contributed by atoms with Gasteiger partial charge in [0.25, 0.3) is 0 Å². The van der Waals surface area contributed by atoms with Gasteiger partial charge in [-0.2, -0.15) is 0 Å². The van der Waals surface area contributed by atoms with Crippen LogP contribution in [-0.4, -0.2) is 38.4 Å². The van der Waals surface area contributed by atoms with Crippen molar-refractivity contribution in [1.29, 1.82) is 0 Å². The van der Waals surface area contributed by atoms with Gasteiger partial charge >= 0.3 is 0 Å². The summed E-state index contributed by atoms with van der Waals surface area (Å²) in [5.41, 5.74) is 1.82. The van der Waals surface area contributed by atoms with E-state index in [0.717, 1.165) is 11.3 Å². The van der Waals surface area contributed by atoms with Crippen molar-refractivity contribution < 1.29 is 13.2 Å². The Morgan fingerprint density at radius 3 is 2.55 bits per heavy atom. The summed E-state index contributed by atoms with van der Waals surface area (Å²) >= 11 is 0. The third kappa shape index (κ3) is 4.55. The lowest BCUT2D eigenvalue weighted by molar-refractivity contribution is -0.115. The van der Waals surface area contributed by atoms with Gasteiger partial charge in [0.15, 0.2) is 9.84 Å². The fraction of sp³-hybridized carbons (Fsp3) is 0.562. The van der Waals surface area contributed by atoms with Crippen molar-refractivity contribution in [2.45, 2.75) is 38.6 Å². The quantitative estimate of drug-likeness (QED) is 0.884. The number of carbonyl (C=O) groups excluding carboxylic acids is 1. The van der Waals surface area contributed by atoms with Gasteiger partial charge in [-0.25, -0.2) is 8.42 Å². The van der Waals surface area contributed by atoms with Crippen molar-refractivity contribution in [2.24, 2.45) is 0 Å². The molecule has 1 amide bonds. The van der Waals surface area contributed by atoms with Crippen molar-refractivity contribution in [3.8, 4) is 0 Å². The largest absolute Gasteiger partial charge is 0.325 e. The average molecular weight is 324 g/mol. The second-order valence-corrected chi connectivity index (χ2v) is 9.05. The summed E-state index contributed by atoms with van der Waals surface area (Å²) in [7, 11) is -2.92. The highest BCUT2D eigenvalue weighted by Crippen LogP contribution is 2.29. The molecule has 5 nitrogen and oxygen atoms in total. The molecule has 0 aromatic heterocycles. The van der Waals surface area contributed by atoms with E-state index in [0.29, 0.717) is 6.42 Å². The Kier molecular flexibility index (Phi) is 4.92. The molecule has 22 heavy (non-hydrogen) atoms. The summed E-state index contributed by atoms with van der Waals surface area (Å²) in [6.45, 7) is 6.41. The number of rotatable bonds is 4. The van der Waals surface area contributed by atoms with Crippen LogP contribution in [0.4, 0.5) is 5.69 Å². The summed E-state index contributed by atoms with van der Waals surface area (Å²) in [4.78, 5) is 12.1. The van der Waals surface area contributed by atoms with Gasteiger partial charge in [-0.05, 0) is 23.5 Å². The van der Waals surface area contributed by atoms with Crippen molar-refractivity contribution in [2.75, 3.05) is 23.4 Å². The maximum absolute atomic E-state index is 12.1. The highest BCUT2D eigenvalue weighted by molar-refractivity contribution is 7.91. The molecule has 0 saturated carbocycles. The lowest BCUT2D eigenvalue weighted by atomic mass is 9.86. The maximum Gasteiger partial charge on any atom is 0.238 e. The third-order valence-corrected chi connectivity index (χ3v) is 5.56. The Bertz CT molecular complexity index is 648. The molecule has 1 heterocycles. The number of nitrogens with one attached hydrogen (secondary N) is 2. The van der Waals surface area contributed by atoms with Gasteiger partial charge < -0.3 is 10.6 Å². The van der Waals surface area contributed by atoms with E-state index in [2.05, 4.69) is 31.4 Å². The minimum atomic E-state index is -2.92. The second kappa shape index (κ2) is 6.38. The standard InChI is InChI=1S/C16H24N2O3S/c1-16(2,3)13-6-4-5-7-14(13)18-15(19)10-17-12-8-9-22(20,21)11-12/h4-7,12,17H,8-11H2,1-3H3,(H,18,19). The maximum atomic E-state index is 12.1. The molecule has 2 N–H and O–H groups in total. The molecule has 1 aliphatic rings. The van der Waals surface area contributed by atoms with Gasteiger partial charge in [-0.15, -0.1) is 0 Å². The first-order valence-electron chi connectivity index (χ1n) is 7.50. The van der Waals surface area contributed by atoms with E-state index < -0.39 is 9.84 Å². The van der Waals surface area contributed by atoms with Crippen LogP contribution in [0.25, 0.3) is 0 Å². The normalized spacial score (nSPS) is 20.8. The van der Waals surface area contributed by atoms with Gasteiger partial charge in [0.05, 0.1) is 18.1 Å². The number of para-hydroxylation sites is 1. The van der Waals surface area contributed by atoms with Crippen LogP contribution in [0.5, 0.6) is 0 Å². The first-order chi connectivity index (χ1) is 10.2. The van der Waals surface area contributed by atoms with Crippen LogP contribution in [0.1, 0.15) is 32.8 Å². The number of carbonyl (C=O) groups is 1. The van der Waals surface area contributed by atoms with E-state index >= 15 is 0 Å². The molecule has 1 fully saturated rings. The first kappa shape index (κ1) is 17.0. The molecule has 122 valence electrons. The van der Waals surface area contributed by atoms with Crippen molar-refractivity contribution in [3.63, 3.8) is 0 Å². The highest BCUT2D eigenvalue weighted by Gasteiger charge is 2.27. The van der Waals surface area contributed by atoms with E-state index in [1.54, 1.807) is 0 Å². The van der Waals surface area contributed by atoms with Crippen LogP contribution < -0.4 is 10.6 Å². The molecular weight excluding hydrogens is 300 g/mol. The van der Waals surface area contributed by atoms with E-state index in [1.807, 2.05) is 24.3 Å². The SMILES string of the molecule is CC(C)(C)c1ccccc1NC(=O)CNC1CCS(=O)(=O)C1. The minimum Gasteiger partial charge on any atom is -0.325 e. The molecule has 1 aliphatic heterocycles. The fourth-order valence-corrected chi connectivity index (χ4v) is 4.34. The third-order valence-electron chi connectivity index (χ3n) is 3.79. The van der Waals surface area contributed by atoms with Crippen molar-refractivity contribution in [1.82, 2.24) is 5.32 Å². The zero-order valence-corrected chi connectivity index (χ0v) is 14.2. The Morgan fingerprint density at radius 2 is 1.95 bits per heavy atom. The molecular formula is C16H24N2O3S. The molecule has 1 atom stereocenters. The van der Waals surface area contributed by atoms with E-state index in [9.17, 15) is 13.2 Å². The number of sulfone groups is 1. The molecule has 1 aromatic rings. The first-order valence-corrected chi connectivity index (χ1v) is 9.33. The Morgan fingerprint density at radius 1 is 1.27 bits per heavy atom. The monoisotopic (exact) mass is 324 g/mol. The second-order valence-electron chi connectivity index (χ2n) is 6.82. The van der Waals surface area contributed by atoms with Crippen LogP contribution >= 0.6 is 0 Å². The number of hydrogen-bond donors (Lipinski definition) is 2. The predicted octanol–water partition coefficient (Wildman–Crippen LogP) is 1.70.